The van der Waals surface area contributed by atoms with Crippen molar-refractivity contribution in [2.45, 2.75) is 46.0 Å². The highest BCUT2D eigenvalue weighted by molar-refractivity contribution is 7.26. The van der Waals surface area contributed by atoms with E-state index in [1.807, 2.05) is 6.92 Å². The molecule has 74 valence electrons. The Morgan fingerprint density at radius 1 is 0.917 bits per heavy atom. The number of unbranched alkanes of at least 4 members (excludes halogenated alkanes) is 4. The molecule has 12 heavy (non-hydrogen) atoms. The molecule has 0 heterocycles. The molecule has 3 heteroatoms. The molecule has 0 aliphatic carbocycles. The van der Waals surface area contributed by atoms with Crippen molar-refractivity contribution >= 4 is 9.03 Å². The van der Waals surface area contributed by atoms with E-state index in [1.54, 1.807) is 0 Å². The van der Waals surface area contributed by atoms with Gasteiger partial charge in [0, 0.05) is 0 Å². The highest BCUT2D eigenvalue weighted by atomic mass is 31.1. The Bertz CT molecular complexity index is 68.9. The molecule has 0 radical (unpaired) electrons. The van der Waals surface area contributed by atoms with Gasteiger partial charge in [-0.25, -0.2) is 0 Å². The van der Waals surface area contributed by atoms with Crippen molar-refractivity contribution in [3.63, 3.8) is 0 Å². The Hall–Kier alpha value is 0.350. The topological polar surface area (TPSA) is 18.5 Å². The minimum atomic E-state index is 0.244. The van der Waals surface area contributed by atoms with Crippen molar-refractivity contribution in [2.75, 3.05) is 13.2 Å². The zero-order valence-electron chi connectivity index (χ0n) is 8.27. The maximum absolute atomic E-state index is 5.26. The van der Waals surface area contributed by atoms with Gasteiger partial charge in [-0.2, -0.15) is 0 Å². The van der Waals surface area contributed by atoms with E-state index in [2.05, 4.69) is 6.92 Å². The van der Waals surface area contributed by atoms with E-state index in [9.17, 15) is 0 Å². The Morgan fingerprint density at radius 2 is 1.67 bits per heavy atom. The van der Waals surface area contributed by atoms with Crippen molar-refractivity contribution < 1.29 is 9.05 Å². The molecule has 2 nitrogen and oxygen atoms in total. The minimum Gasteiger partial charge on any atom is -0.337 e. The summed E-state index contributed by atoms with van der Waals surface area (Å²) in [6.07, 6.45) is 6.48. The number of hydrogen-bond donors (Lipinski definition) is 0. The largest absolute Gasteiger partial charge is 0.337 e. The highest BCUT2D eigenvalue weighted by Gasteiger charge is 1.89. The van der Waals surface area contributed by atoms with Crippen molar-refractivity contribution in [2.24, 2.45) is 0 Å². The number of hydrogen-bond acceptors (Lipinski definition) is 2. The molecule has 0 spiro atoms. The summed E-state index contributed by atoms with van der Waals surface area (Å²) in [5.41, 5.74) is 0. The van der Waals surface area contributed by atoms with Crippen LogP contribution >= 0.6 is 9.03 Å². The van der Waals surface area contributed by atoms with Crippen molar-refractivity contribution in [3.8, 4) is 0 Å². The summed E-state index contributed by atoms with van der Waals surface area (Å²) in [6.45, 7) is 5.83. The summed E-state index contributed by atoms with van der Waals surface area (Å²) < 4.78 is 10.3. The molecule has 0 aromatic heterocycles. The van der Waals surface area contributed by atoms with E-state index in [0.717, 1.165) is 13.2 Å². The molecule has 0 aromatic carbocycles. The van der Waals surface area contributed by atoms with Gasteiger partial charge in [0.15, 0.2) is 9.03 Å². The fraction of sp³-hybridized carbons (Fsp3) is 1.00. The van der Waals surface area contributed by atoms with E-state index in [1.165, 1.54) is 32.1 Å². The molecule has 0 aromatic rings. The fourth-order valence-corrected chi connectivity index (χ4v) is 1.35. The smallest absolute Gasteiger partial charge is 0.155 e. The monoisotopic (exact) mass is 192 g/mol. The van der Waals surface area contributed by atoms with Crippen molar-refractivity contribution in [1.82, 2.24) is 0 Å². The molecular formula is C9H21O2P. The maximum Gasteiger partial charge on any atom is 0.155 e. The van der Waals surface area contributed by atoms with Crippen LogP contribution in [-0.2, 0) is 9.05 Å². The van der Waals surface area contributed by atoms with Crippen LogP contribution in [0.2, 0.25) is 0 Å². The highest BCUT2D eigenvalue weighted by Crippen LogP contribution is 2.14. The van der Waals surface area contributed by atoms with Gasteiger partial charge in [0.05, 0.1) is 13.2 Å². The summed E-state index contributed by atoms with van der Waals surface area (Å²) in [5.74, 6) is 0. The summed E-state index contributed by atoms with van der Waals surface area (Å²) in [5, 5.41) is 0. The average Bonchev–Trinajstić information content (AvgIpc) is 2.10. The van der Waals surface area contributed by atoms with Gasteiger partial charge in [-0.05, 0) is 13.3 Å². The third-order valence-electron chi connectivity index (χ3n) is 1.61. The van der Waals surface area contributed by atoms with Crippen LogP contribution in [0.1, 0.15) is 46.0 Å². The predicted molar refractivity (Wildman–Crippen MR) is 54.7 cm³/mol. The molecule has 0 saturated heterocycles. The fourth-order valence-electron chi connectivity index (χ4n) is 0.920. The van der Waals surface area contributed by atoms with Crippen LogP contribution in [0.15, 0.2) is 0 Å². The third-order valence-corrected chi connectivity index (χ3v) is 2.34. The zero-order chi connectivity index (χ0) is 9.07. The molecule has 0 saturated carbocycles. The van der Waals surface area contributed by atoms with E-state index in [0.29, 0.717) is 0 Å². The maximum atomic E-state index is 5.26. The van der Waals surface area contributed by atoms with Crippen LogP contribution in [0.3, 0.4) is 0 Å². The van der Waals surface area contributed by atoms with Gasteiger partial charge in [-0.1, -0.05) is 32.6 Å². The van der Waals surface area contributed by atoms with Gasteiger partial charge in [0.25, 0.3) is 0 Å². The quantitative estimate of drug-likeness (QED) is 0.411. The molecule has 1 atom stereocenters. The molecule has 0 aliphatic rings. The lowest BCUT2D eigenvalue weighted by atomic mass is 10.2. The molecule has 0 amide bonds. The van der Waals surface area contributed by atoms with Crippen LogP contribution in [0.4, 0.5) is 0 Å². The van der Waals surface area contributed by atoms with Crippen LogP contribution < -0.4 is 0 Å². The van der Waals surface area contributed by atoms with Gasteiger partial charge in [-0.15, -0.1) is 0 Å². The molecular weight excluding hydrogens is 171 g/mol. The van der Waals surface area contributed by atoms with E-state index >= 15 is 0 Å². The Balaban J connectivity index is 2.73. The van der Waals surface area contributed by atoms with Crippen LogP contribution in [-0.4, -0.2) is 13.2 Å². The van der Waals surface area contributed by atoms with Gasteiger partial charge < -0.3 is 9.05 Å². The van der Waals surface area contributed by atoms with Crippen LogP contribution in [0, 0.1) is 0 Å². The van der Waals surface area contributed by atoms with Crippen molar-refractivity contribution in [3.05, 3.63) is 0 Å². The summed E-state index contributed by atoms with van der Waals surface area (Å²) >= 11 is 0. The lowest BCUT2D eigenvalue weighted by molar-refractivity contribution is 0.270. The van der Waals surface area contributed by atoms with Gasteiger partial charge in [-0.3, -0.25) is 0 Å². The van der Waals surface area contributed by atoms with E-state index < -0.39 is 0 Å². The van der Waals surface area contributed by atoms with Crippen LogP contribution in [0.25, 0.3) is 0 Å². The van der Waals surface area contributed by atoms with Gasteiger partial charge >= 0.3 is 0 Å². The lowest BCUT2D eigenvalue weighted by Crippen LogP contribution is -1.87. The van der Waals surface area contributed by atoms with Crippen molar-refractivity contribution in [1.29, 1.82) is 0 Å². The summed E-state index contributed by atoms with van der Waals surface area (Å²) in [6, 6.07) is 0. The normalized spacial score (nSPS) is 11.5. The van der Waals surface area contributed by atoms with Crippen LogP contribution in [0.5, 0.6) is 0 Å². The Labute approximate surface area is 78.0 Å². The summed E-state index contributed by atoms with van der Waals surface area (Å²) in [4.78, 5) is 0. The van der Waals surface area contributed by atoms with Gasteiger partial charge in [0.2, 0.25) is 0 Å². The third kappa shape index (κ3) is 10.3. The second kappa shape index (κ2) is 11.4. The second-order valence-electron chi connectivity index (χ2n) is 2.78. The number of rotatable bonds is 9. The first-order valence-corrected chi connectivity index (χ1v) is 5.72. The standard InChI is InChI=1S/C9H21O2P/c1-3-5-6-7-8-9-11-12-10-4-2/h12H,3-9H2,1-2H3. The second-order valence-corrected chi connectivity index (χ2v) is 3.52. The van der Waals surface area contributed by atoms with Gasteiger partial charge in [0.1, 0.15) is 0 Å². The molecule has 0 rings (SSSR count). The van der Waals surface area contributed by atoms with E-state index in [-0.39, 0.29) is 9.03 Å². The first kappa shape index (κ1) is 12.3. The predicted octanol–water partition coefficient (Wildman–Crippen LogP) is 3.52. The Kier molecular flexibility index (Phi) is 11.7. The average molecular weight is 192 g/mol. The molecule has 0 bridgehead atoms. The minimum absolute atomic E-state index is 0.244. The molecule has 0 N–H and O–H groups in total. The lowest BCUT2D eigenvalue weighted by Gasteiger charge is -2.02. The summed E-state index contributed by atoms with van der Waals surface area (Å²) in [7, 11) is 0.244. The van der Waals surface area contributed by atoms with E-state index in [4.69, 9.17) is 9.05 Å². The first-order valence-electron chi connectivity index (χ1n) is 4.90. The Morgan fingerprint density at radius 3 is 2.33 bits per heavy atom. The molecule has 0 aliphatic heterocycles. The zero-order valence-corrected chi connectivity index (χ0v) is 9.27. The first-order chi connectivity index (χ1) is 5.91. The molecule has 1 unspecified atom stereocenters. The SMILES string of the molecule is CCCCCCCOPOCC. The molecule has 0 fully saturated rings.